The topological polar surface area (TPSA) is 80.5 Å². The molecule has 2 fully saturated rings. The number of ether oxygens (including phenoxy) is 1. The van der Waals surface area contributed by atoms with Crippen LogP contribution in [0, 0.1) is 0 Å². The number of nitrogens with two attached hydrogens (primary N) is 1. The summed E-state index contributed by atoms with van der Waals surface area (Å²) < 4.78 is 5.82. The van der Waals surface area contributed by atoms with Gasteiger partial charge in [-0.25, -0.2) is 0 Å². The first-order valence-corrected chi connectivity index (χ1v) is 7.55. The third kappa shape index (κ3) is 3.40. The van der Waals surface area contributed by atoms with Gasteiger partial charge >= 0.3 is 0 Å². The van der Waals surface area contributed by atoms with Crippen LogP contribution < -0.4 is 11.1 Å². The minimum atomic E-state index is -0.161. The van der Waals surface area contributed by atoms with Crippen LogP contribution >= 0.6 is 0 Å². The van der Waals surface area contributed by atoms with E-state index in [1.165, 1.54) is 12.8 Å². The summed E-state index contributed by atoms with van der Waals surface area (Å²) in [4.78, 5) is 18.6. The van der Waals surface area contributed by atoms with Crippen LogP contribution in [0.15, 0.2) is 18.3 Å². The minimum Gasteiger partial charge on any atom is -0.373 e. The van der Waals surface area contributed by atoms with Crippen LogP contribution in [0.3, 0.4) is 0 Å². The third-order valence-corrected chi connectivity index (χ3v) is 4.24. The van der Waals surface area contributed by atoms with Gasteiger partial charge in [-0.1, -0.05) is 6.07 Å². The number of carbonyl (C=O) groups is 1. The van der Waals surface area contributed by atoms with Crippen LogP contribution in [0.25, 0.3) is 0 Å². The Kier molecular flexibility index (Phi) is 4.48. The average Bonchev–Trinajstić information content (AvgIpc) is 3.00. The number of morpholine rings is 1. The highest BCUT2D eigenvalue weighted by Crippen LogP contribution is 2.22. The molecule has 21 heavy (non-hydrogen) atoms. The molecule has 0 spiro atoms. The molecule has 3 heterocycles. The molecule has 2 aliphatic rings. The van der Waals surface area contributed by atoms with E-state index in [0.29, 0.717) is 24.8 Å². The van der Waals surface area contributed by atoms with Crippen LogP contribution in [0.1, 0.15) is 28.9 Å². The molecule has 3 rings (SSSR count). The first-order valence-electron chi connectivity index (χ1n) is 7.55. The molecular weight excluding hydrogens is 268 g/mol. The molecule has 3 N–H and O–H groups in total. The lowest BCUT2D eigenvalue weighted by atomic mass is 10.2. The van der Waals surface area contributed by atoms with Crippen molar-refractivity contribution in [2.24, 2.45) is 5.73 Å². The standard InChI is InChI=1S/C15H22N4O2/c16-6-11-3-4-14(17-7-11)15(20)18-8-13-9-19-5-1-2-12(19)10-21-13/h3-4,7,12-13H,1-2,5-6,8-10,16H2,(H,18,20). The molecule has 2 saturated heterocycles. The molecule has 0 bridgehead atoms. The Morgan fingerprint density at radius 2 is 2.43 bits per heavy atom. The maximum Gasteiger partial charge on any atom is 0.269 e. The molecule has 2 aliphatic heterocycles. The summed E-state index contributed by atoms with van der Waals surface area (Å²) in [6, 6.07) is 4.12. The van der Waals surface area contributed by atoms with Gasteiger partial charge in [0.05, 0.1) is 12.7 Å². The van der Waals surface area contributed by atoms with E-state index >= 15 is 0 Å². The smallest absolute Gasteiger partial charge is 0.269 e. The van der Waals surface area contributed by atoms with E-state index in [2.05, 4.69) is 15.2 Å². The van der Waals surface area contributed by atoms with E-state index < -0.39 is 0 Å². The van der Waals surface area contributed by atoms with Gasteiger partial charge in [0.2, 0.25) is 0 Å². The number of hydrogen-bond donors (Lipinski definition) is 2. The second-order valence-corrected chi connectivity index (χ2v) is 5.71. The number of nitrogens with one attached hydrogen (secondary N) is 1. The first-order chi connectivity index (χ1) is 10.3. The molecular formula is C15H22N4O2. The van der Waals surface area contributed by atoms with Gasteiger partial charge in [0.25, 0.3) is 5.91 Å². The number of fused-ring (bicyclic) bond motifs is 1. The van der Waals surface area contributed by atoms with Crippen molar-refractivity contribution >= 4 is 5.91 Å². The summed E-state index contributed by atoms with van der Waals surface area (Å²) in [6.07, 6.45) is 4.20. The minimum absolute atomic E-state index is 0.0756. The van der Waals surface area contributed by atoms with Crippen LogP contribution in [0.5, 0.6) is 0 Å². The van der Waals surface area contributed by atoms with E-state index in [-0.39, 0.29) is 12.0 Å². The maximum atomic E-state index is 12.0. The van der Waals surface area contributed by atoms with Gasteiger partial charge in [-0.15, -0.1) is 0 Å². The lowest BCUT2D eigenvalue weighted by Crippen LogP contribution is -2.50. The van der Waals surface area contributed by atoms with Crippen molar-refractivity contribution in [1.29, 1.82) is 0 Å². The third-order valence-electron chi connectivity index (χ3n) is 4.24. The van der Waals surface area contributed by atoms with E-state index in [1.807, 2.05) is 6.07 Å². The zero-order chi connectivity index (χ0) is 14.7. The normalized spacial score (nSPS) is 25.6. The van der Waals surface area contributed by atoms with Gasteiger partial charge in [-0.3, -0.25) is 14.7 Å². The fraction of sp³-hybridized carbons (Fsp3) is 0.600. The van der Waals surface area contributed by atoms with Crippen molar-refractivity contribution < 1.29 is 9.53 Å². The van der Waals surface area contributed by atoms with E-state index in [4.69, 9.17) is 10.5 Å². The number of carbonyl (C=O) groups excluding carboxylic acids is 1. The highest BCUT2D eigenvalue weighted by Gasteiger charge is 2.32. The summed E-state index contributed by atoms with van der Waals surface area (Å²) in [5.41, 5.74) is 6.85. The van der Waals surface area contributed by atoms with Gasteiger partial charge in [0.15, 0.2) is 0 Å². The number of rotatable bonds is 4. The predicted molar refractivity (Wildman–Crippen MR) is 78.8 cm³/mol. The van der Waals surface area contributed by atoms with Gasteiger partial charge in [-0.05, 0) is 31.0 Å². The van der Waals surface area contributed by atoms with Crippen LogP contribution in [-0.4, -0.2) is 54.2 Å². The van der Waals surface area contributed by atoms with Crippen LogP contribution in [0.2, 0.25) is 0 Å². The predicted octanol–water partition coefficient (Wildman–Crippen LogP) is 0.133. The summed E-state index contributed by atoms with van der Waals surface area (Å²) in [6.45, 7) is 3.80. The first kappa shape index (κ1) is 14.4. The SMILES string of the molecule is NCc1ccc(C(=O)NCC2CN3CCCC3CO2)nc1. The Labute approximate surface area is 124 Å². The zero-order valence-electron chi connectivity index (χ0n) is 12.1. The molecule has 0 saturated carbocycles. The lowest BCUT2D eigenvalue weighted by Gasteiger charge is -2.35. The van der Waals surface area contributed by atoms with Gasteiger partial charge in [-0.2, -0.15) is 0 Å². The molecule has 2 unspecified atom stereocenters. The number of nitrogens with zero attached hydrogens (tertiary/aromatic N) is 2. The lowest BCUT2D eigenvalue weighted by molar-refractivity contribution is -0.0462. The van der Waals surface area contributed by atoms with Gasteiger partial charge < -0.3 is 15.8 Å². The van der Waals surface area contributed by atoms with Crippen molar-refractivity contribution in [3.8, 4) is 0 Å². The summed E-state index contributed by atoms with van der Waals surface area (Å²) in [5, 5.41) is 2.90. The van der Waals surface area contributed by atoms with E-state index in [0.717, 1.165) is 25.3 Å². The van der Waals surface area contributed by atoms with Crippen molar-refractivity contribution in [2.75, 3.05) is 26.2 Å². The number of pyridine rings is 1. The Hall–Kier alpha value is -1.50. The largest absolute Gasteiger partial charge is 0.373 e. The maximum absolute atomic E-state index is 12.0. The monoisotopic (exact) mass is 290 g/mol. The Bertz CT molecular complexity index is 491. The Morgan fingerprint density at radius 1 is 1.52 bits per heavy atom. The Morgan fingerprint density at radius 3 is 3.19 bits per heavy atom. The summed E-state index contributed by atoms with van der Waals surface area (Å²) in [7, 11) is 0. The van der Waals surface area contributed by atoms with E-state index in [9.17, 15) is 4.79 Å². The second kappa shape index (κ2) is 6.51. The molecule has 2 atom stereocenters. The fourth-order valence-corrected chi connectivity index (χ4v) is 2.99. The van der Waals surface area contributed by atoms with Crippen LogP contribution in [-0.2, 0) is 11.3 Å². The number of hydrogen-bond acceptors (Lipinski definition) is 5. The molecule has 6 nitrogen and oxygen atoms in total. The molecule has 114 valence electrons. The molecule has 1 aromatic heterocycles. The quantitative estimate of drug-likeness (QED) is 0.824. The highest BCUT2D eigenvalue weighted by molar-refractivity contribution is 5.92. The summed E-state index contributed by atoms with van der Waals surface area (Å²) in [5.74, 6) is -0.161. The van der Waals surface area contributed by atoms with Gasteiger partial charge in [0, 0.05) is 31.9 Å². The molecule has 0 radical (unpaired) electrons. The average molecular weight is 290 g/mol. The van der Waals surface area contributed by atoms with Crippen LogP contribution in [0.4, 0.5) is 0 Å². The number of amides is 1. The Balaban J connectivity index is 1.49. The fourth-order valence-electron chi connectivity index (χ4n) is 2.99. The van der Waals surface area contributed by atoms with Crippen molar-refractivity contribution in [3.63, 3.8) is 0 Å². The van der Waals surface area contributed by atoms with Crippen molar-refractivity contribution in [3.05, 3.63) is 29.6 Å². The second-order valence-electron chi connectivity index (χ2n) is 5.71. The van der Waals surface area contributed by atoms with Gasteiger partial charge in [0.1, 0.15) is 5.69 Å². The highest BCUT2D eigenvalue weighted by atomic mass is 16.5. The molecule has 6 heteroatoms. The molecule has 0 aromatic carbocycles. The summed E-state index contributed by atoms with van der Waals surface area (Å²) >= 11 is 0. The number of aromatic nitrogens is 1. The zero-order valence-corrected chi connectivity index (χ0v) is 12.1. The van der Waals surface area contributed by atoms with Crippen molar-refractivity contribution in [1.82, 2.24) is 15.2 Å². The molecule has 1 amide bonds. The van der Waals surface area contributed by atoms with Crippen molar-refractivity contribution in [2.45, 2.75) is 31.5 Å². The van der Waals surface area contributed by atoms with E-state index in [1.54, 1.807) is 12.3 Å². The molecule has 1 aromatic rings. The molecule has 0 aliphatic carbocycles.